The van der Waals surface area contributed by atoms with Crippen molar-refractivity contribution in [2.45, 2.75) is 13.8 Å². The van der Waals surface area contributed by atoms with E-state index in [2.05, 4.69) is 10.3 Å². The van der Waals surface area contributed by atoms with Crippen molar-refractivity contribution in [3.05, 3.63) is 69.2 Å². The number of amides is 1. The Kier molecular flexibility index (Phi) is 6.93. The van der Waals surface area contributed by atoms with E-state index in [0.717, 1.165) is 5.56 Å². The topological polar surface area (TPSA) is 121 Å². The molecule has 0 atom stereocenters. The van der Waals surface area contributed by atoms with Gasteiger partial charge in [-0.1, -0.05) is 30.3 Å². The molecule has 0 aliphatic carbocycles. The molecule has 3 aromatic rings. The SMILES string of the molecule is CCOC(=O)c1c(-c2ccccc2)csc1NC(=O)COc1ccc(C)nc1[N+](=O)[O-]. The maximum Gasteiger partial charge on any atom is 0.406 e. The van der Waals surface area contributed by atoms with Crippen LogP contribution in [0.2, 0.25) is 0 Å². The standard InChI is InChI=1S/C21H19N3O6S/c1-3-29-21(26)18-15(14-7-5-4-6-8-14)12-31-20(18)23-17(25)11-30-16-10-9-13(2)22-19(16)24(27)28/h4-10,12H,3,11H2,1-2H3,(H,23,25). The molecule has 1 N–H and O–H groups in total. The number of benzene rings is 1. The lowest BCUT2D eigenvalue weighted by Crippen LogP contribution is -2.21. The van der Waals surface area contributed by atoms with Crippen molar-refractivity contribution in [2.75, 3.05) is 18.5 Å². The molecular formula is C21H19N3O6S. The van der Waals surface area contributed by atoms with E-state index in [4.69, 9.17) is 9.47 Å². The number of nitrogens with zero attached hydrogens (tertiary/aromatic N) is 2. The van der Waals surface area contributed by atoms with Crippen LogP contribution in [0.25, 0.3) is 11.1 Å². The number of thiophene rings is 1. The number of ether oxygens (including phenoxy) is 2. The summed E-state index contributed by atoms with van der Waals surface area (Å²) >= 11 is 1.18. The molecular weight excluding hydrogens is 422 g/mol. The van der Waals surface area contributed by atoms with Gasteiger partial charge in [-0.15, -0.1) is 11.3 Å². The minimum atomic E-state index is -0.676. The number of esters is 1. The summed E-state index contributed by atoms with van der Waals surface area (Å²) in [6, 6.07) is 12.2. The Labute approximate surface area is 181 Å². The van der Waals surface area contributed by atoms with E-state index in [1.165, 1.54) is 17.4 Å². The first kappa shape index (κ1) is 21.9. The number of nitrogens with one attached hydrogen (secondary N) is 1. The number of aryl methyl sites for hydroxylation is 1. The van der Waals surface area contributed by atoms with Crippen molar-refractivity contribution in [3.8, 4) is 16.9 Å². The Bertz CT molecular complexity index is 1110. The molecule has 1 amide bonds. The van der Waals surface area contributed by atoms with Gasteiger partial charge in [-0.2, -0.15) is 0 Å². The fourth-order valence-electron chi connectivity index (χ4n) is 2.77. The van der Waals surface area contributed by atoms with Gasteiger partial charge in [0.05, 0.1) is 6.61 Å². The van der Waals surface area contributed by atoms with E-state index in [1.807, 2.05) is 30.3 Å². The predicted molar refractivity (Wildman–Crippen MR) is 115 cm³/mol. The number of carbonyl (C=O) groups excluding carboxylic acids is 2. The molecule has 0 saturated heterocycles. The van der Waals surface area contributed by atoms with Crippen molar-refractivity contribution < 1.29 is 24.0 Å². The van der Waals surface area contributed by atoms with E-state index in [1.54, 1.807) is 25.3 Å². The Morgan fingerprint density at radius 2 is 1.94 bits per heavy atom. The summed E-state index contributed by atoms with van der Waals surface area (Å²) in [5.74, 6) is -1.73. The van der Waals surface area contributed by atoms with Crippen molar-refractivity contribution >= 4 is 34.0 Å². The molecule has 2 aromatic heterocycles. The predicted octanol–water partition coefficient (Wildman–Crippen LogP) is 4.22. The summed E-state index contributed by atoms with van der Waals surface area (Å²) < 4.78 is 10.5. The van der Waals surface area contributed by atoms with E-state index in [0.29, 0.717) is 16.3 Å². The molecule has 0 saturated carbocycles. The van der Waals surface area contributed by atoms with Crippen LogP contribution >= 0.6 is 11.3 Å². The number of hydrogen-bond donors (Lipinski definition) is 1. The van der Waals surface area contributed by atoms with Crippen LogP contribution < -0.4 is 10.1 Å². The first-order valence-electron chi connectivity index (χ1n) is 9.29. The van der Waals surface area contributed by atoms with E-state index in [9.17, 15) is 19.7 Å². The molecule has 0 unspecified atom stereocenters. The molecule has 31 heavy (non-hydrogen) atoms. The zero-order chi connectivity index (χ0) is 22.4. The van der Waals surface area contributed by atoms with Gasteiger partial charge in [-0.05, 0) is 34.5 Å². The maximum atomic E-state index is 12.6. The molecule has 0 aliphatic rings. The minimum Gasteiger partial charge on any atom is -0.476 e. The Morgan fingerprint density at radius 3 is 2.61 bits per heavy atom. The number of rotatable bonds is 8. The monoisotopic (exact) mass is 441 g/mol. The van der Waals surface area contributed by atoms with Gasteiger partial charge in [0.2, 0.25) is 5.75 Å². The Balaban J connectivity index is 1.79. The van der Waals surface area contributed by atoms with E-state index < -0.39 is 29.2 Å². The third-order valence-electron chi connectivity index (χ3n) is 4.12. The van der Waals surface area contributed by atoms with Crippen LogP contribution in [-0.2, 0) is 9.53 Å². The van der Waals surface area contributed by atoms with Crippen molar-refractivity contribution in [1.29, 1.82) is 0 Å². The second-order valence-electron chi connectivity index (χ2n) is 6.31. The third-order valence-corrected chi connectivity index (χ3v) is 5.01. The molecule has 0 radical (unpaired) electrons. The van der Waals surface area contributed by atoms with Crippen LogP contribution in [-0.4, -0.2) is 35.0 Å². The molecule has 0 aliphatic heterocycles. The van der Waals surface area contributed by atoms with Gasteiger partial charge < -0.3 is 24.9 Å². The number of hydrogen-bond acceptors (Lipinski definition) is 8. The number of nitro groups is 1. The Morgan fingerprint density at radius 1 is 1.19 bits per heavy atom. The lowest BCUT2D eigenvalue weighted by atomic mass is 10.0. The van der Waals surface area contributed by atoms with Crippen LogP contribution in [0.1, 0.15) is 23.0 Å². The molecule has 0 spiro atoms. The van der Waals surface area contributed by atoms with Crippen molar-refractivity contribution in [1.82, 2.24) is 4.98 Å². The number of anilines is 1. The van der Waals surface area contributed by atoms with Crippen LogP contribution in [0.5, 0.6) is 5.75 Å². The highest BCUT2D eigenvalue weighted by atomic mass is 32.1. The fourth-order valence-corrected chi connectivity index (χ4v) is 3.74. The third kappa shape index (κ3) is 5.23. The molecule has 2 heterocycles. The smallest absolute Gasteiger partial charge is 0.406 e. The van der Waals surface area contributed by atoms with Gasteiger partial charge in [0.1, 0.15) is 16.3 Å². The van der Waals surface area contributed by atoms with Crippen LogP contribution in [0.3, 0.4) is 0 Å². The van der Waals surface area contributed by atoms with Gasteiger partial charge in [0, 0.05) is 17.9 Å². The van der Waals surface area contributed by atoms with E-state index >= 15 is 0 Å². The molecule has 10 heteroatoms. The summed E-state index contributed by atoms with van der Waals surface area (Å²) in [5.41, 5.74) is 2.14. The highest BCUT2D eigenvalue weighted by Gasteiger charge is 2.24. The van der Waals surface area contributed by atoms with Crippen LogP contribution in [0.4, 0.5) is 10.8 Å². The number of aromatic nitrogens is 1. The molecule has 9 nitrogen and oxygen atoms in total. The highest BCUT2D eigenvalue weighted by molar-refractivity contribution is 7.15. The van der Waals surface area contributed by atoms with Crippen molar-refractivity contribution in [2.24, 2.45) is 0 Å². The zero-order valence-corrected chi connectivity index (χ0v) is 17.6. The first-order chi connectivity index (χ1) is 14.9. The van der Waals surface area contributed by atoms with Gasteiger partial charge in [0.25, 0.3) is 5.91 Å². The summed E-state index contributed by atoms with van der Waals surface area (Å²) in [6.07, 6.45) is 0. The first-order valence-corrected chi connectivity index (χ1v) is 10.2. The molecule has 3 rings (SSSR count). The number of carbonyl (C=O) groups is 2. The average Bonchev–Trinajstić information content (AvgIpc) is 3.17. The van der Waals surface area contributed by atoms with Gasteiger partial charge in [-0.25, -0.2) is 4.79 Å². The Hall–Kier alpha value is -3.79. The summed E-state index contributed by atoms with van der Waals surface area (Å²) in [6.45, 7) is 3.00. The van der Waals surface area contributed by atoms with Gasteiger partial charge in [0.15, 0.2) is 6.61 Å². The molecule has 0 bridgehead atoms. The van der Waals surface area contributed by atoms with Crippen LogP contribution in [0.15, 0.2) is 47.8 Å². The second-order valence-corrected chi connectivity index (χ2v) is 7.19. The van der Waals surface area contributed by atoms with Gasteiger partial charge in [-0.3, -0.25) is 4.79 Å². The number of pyridine rings is 1. The lowest BCUT2D eigenvalue weighted by Gasteiger charge is -2.10. The largest absolute Gasteiger partial charge is 0.476 e. The fraction of sp³-hybridized carbons (Fsp3) is 0.190. The van der Waals surface area contributed by atoms with Crippen LogP contribution in [0, 0.1) is 17.0 Å². The highest BCUT2D eigenvalue weighted by Crippen LogP contribution is 2.36. The van der Waals surface area contributed by atoms with Gasteiger partial charge >= 0.3 is 11.8 Å². The van der Waals surface area contributed by atoms with E-state index in [-0.39, 0.29) is 17.9 Å². The summed E-state index contributed by atoms with van der Waals surface area (Å²) in [7, 11) is 0. The quantitative estimate of drug-likeness (QED) is 0.316. The molecule has 0 fully saturated rings. The molecule has 1 aromatic carbocycles. The average molecular weight is 441 g/mol. The minimum absolute atomic E-state index is 0.118. The summed E-state index contributed by atoms with van der Waals surface area (Å²) in [4.78, 5) is 39.3. The normalized spacial score (nSPS) is 10.4. The maximum absolute atomic E-state index is 12.6. The second kappa shape index (κ2) is 9.81. The summed E-state index contributed by atoms with van der Waals surface area (Å²) in [5, 5.41) is 15.8. The van der Waals surface area contributed by atoms with Crippen molar-refractivity contribution in [3.63, 3.8) is 0 Å². The molecule has 160 valence electrons. The lowest BCUT2D eigenvalue weighted by molar-refractivity contribution is -0.390. The zero-order valence-electron chi connectivity index (χ0n) is 16.8.